The summed E-state index contributed by atoms with van der Waals surface area (Å²) in [6.07, 6.45) is 0. The Morgan fingerprint density at radius 2 is 1.53 bits per heavy atom. The van der Waals surface area contributed by atoms with Crippen LogP contribution >= 0.6 is 22.6 Å². The van der Waals surface area contributed by atoms with Crippen LogP contribution in [0.15, 0.2) is 36.4 Å². The molecule has 0 N–H and O–H groups in total. The van der Waals surface area contributed by atoms with Gasteiger partial charge in [-0.25, -0.2) is 0 Å². The number of benzene rings is 2. The van der Waals surface area contributed by atoms with Crippen molar-refractivity contribution >= 4 is 22.6 Å². The summed E-state index contributed by atoms with van der Waals surface area (Å²) in [5.74, 6) is 2.29. The molecule has 0 aliphatic rings. The smallest absolute Gasteiger partial charge is 0.161 e. The molecule has 0 saturated heterocycles. The first-order valence-corrected chi connectivity index (χ1v) is 6.83. The van der Waals surface area contributed by atoms with Gasteiger partial charge in [0.05, 0.1) is 21.3 Å². The average molecular weight is 370 g/mol. The highest BCUT2D eigenvalue weighted by atomic mass is 127. The van der Waals surface area contributed by atoms with Crippen molar-refractivity contribution in [3.63, 3.8) is 0 Å². The van der Waals surface area contributed by atoms with E-state index in [2.05, 4.69) is 22.6 Å². The standard InChI is InChI=1S/C15H15IO3/c1-17-11-5-6-13(16)12(9-11)10-4-7-14(18-2)15(8-10)19-3/h4-9H,1-3H3. The molecule has 0 radical (unpaired) electrons. The Hall–Kier alpha value is -1.43. The largest absolute Gasteiger partial charge is 0.497 e. The summed E-state index contributed by atoms with van der Waals surface area (Å²) in [6, 6.07) is 11.9. The predicted octanol–water partition coefficient (Wildman–Crippen LogP) is 3.98. The normalized spacial score (nSPS) is 10.1. The first-order valence-electron chi connectivity index (χ1n) is 5.75. The van der Waals surface area contributed by atoms with Crippen LogP contribution in [0.2, 0.25) is 0 Å². The number of ether oxygens (including phenoxy) is 3. The molecule has 0 spiro atoms. The van der Waals surface area contributed by atoms with Gasteiger partial charge in [-0.2, -0.15) is 0 Å². The van der Waals surface area contributed by atoms with Gasteiger partial charge in [-0.05, 0) is 64.0 Å². The van der Waals surface area contributed by atoms with Crippen molar-refractivity contribution in [1.82, 2.24) is 0 Å². The van der Waals surface area contributed by atoms with Crippen molar-refractivity contribution in [2.75, 3.05) is 21.3 Å². The summed E-state index contributed by atoms with van der Waals surface area (Å²) in [5, 5.41) is 0. The lowest BCUT2D eigenvalue weighted by Crippen LogP contribution is -1.92. The SMILES string of the molecule is COc1ccc(I)c(-c2ccc(OC)c(OC)c2)c1. The van der Waals surface area contributed by atoms with E-state index in [1.165, 1.54) is 0 Å². The second-order valence-corrected chi connectivity index (χ2v) is 5.08. The zero-order chi connectivity index (χ0) is 13.8. The van der Waals surface area contributed by atoms with Gasteiger partial charge >= 0.3 is 0 Å². The third-order valence-electron chi connectivity index (χ3n) is 2.87. The molecule has 0 bridgehead atoms. The van der Waals surface area contributed by atoms with Crippen molar-refractivity contribution < 1.29 is 14.2 Å². The average Bonchev–Trinajstić information content (AvgIpc) is 2.47. The molecule has 2 rings (SSSR count). The number of rotatable bonds is 4. The van der Waals surface area contributed by atoms with Crippen LogP contribution < -0.4 is 14.2 Å². The lowest BCUT2D eigenvalue weighted by atomic mass is 10.0. The van der Waals surface area contributed by atoms with Crippen molar-refractivity contribution in [3.8, 4) is 28.4 Å². The molecule has 19 heavy (non-hydrogen) atoms. The molecule has 0 aliphatic heterocycles. The maximum Gasteiger partial charge on any atom is 0.161 e. The van der Waals surface area contributed by atoms with E-state index in [1.807, 2.05) is 36.4 Å². The van der Waals surface area contributed by atoms with E-state index in [0.717, 1.165) is 31.9 Å². The Balaban J connectivity index is 2.52. The quantitative estimate of drug-likeness (QED) is 0.762. The highest BCUT2D eigenvalue weighted by Crippen LogP contribution is 2.35. The van der Waals surface area contributed by atoms with Gasteiger partial charge < -0.3 is 14.2 Å². The second kappa shape index (κ2) is 6.14. The Bertz CT molecular complexity index is 582. The van der Waals surface area contributed by atoms with Crippen LogP contribution in [0, 0.1) is 3.57 Å². The minimum Gasteiger partial charge on any atom is -0.497 e. The molecule has 0 atom stereocenters. The Labute approximate surface area is 126 Å². The molecule has 0 fully saturated rings. The number of hydrogen-bond donors (Lipinski definition) is 0. The Morgan fingerprint density at radius 1 is 0.789 bits per heavy atom. The van der Waals surface area contributed by atoms with Crippen molar-refractivity contribution in [2.24, 2.45) is 0 Å². The van der Waals surface area contributed by atoms with E-state index < -0.39 is 0 Å². The lowest BCUT2D eigenvalue weighted by molar-refractivity contribution is 0.355. The van der Waals surface area contributed by atoms with Crippen molar-refractivity contribution in [3.05, 3.63) is 40.0 Å². The molecule has 0 unspecified atom stereocenters. The van der Waals surface area contributed by atoms with Crippen LogP contribution in [0.5, 0.6) is 17.2 Å². The summed E-state index contributed by atoms with van der Waals surface area (Å²) in [6.45, 7) is 0. The number of halogens is 1. The van der Waals surface area contributed by atoms with Crippen LogP contribution in [0.4, 0.5) is 0 Å². The van der Waals surface area contributed by atoms with Crippen LogP contribution in [0.25, 0.3) is 11.1 Å². The van der Waals surface area contributed by atoms with Gasteiger partial charge in [0.2, 0.25) is 0 Å². The molecule has 0 heterocycles. The topological polar surface area (TPSA) is 27.7 Å². The van der Waals surface area contributed by atoms with E-state index >= 15 is 0 Å². The van der Waals surface area contributed by atoms with Crippen molar-refractivity contribution in [1.29, 1.82) is 0 Å². The van der Waals surface area contributed by atoms with Crippen LogP contribution in [0.1, 0.15) is 0 Å². The molecule has 100 valence electrons. The van der Waals surface area contributed by atoms with Gasteiger partial charge in [0.25, 0.3) is 0 Å². The van der Waals surface area contributed by atoms with Crippen LogP contribution in [-0.4, -0.2) is 21.3 Å². The van der Waals surface area contributed by atoms with Gasteiger partial charge in [0.1, 0.15) is 5.75 Å². The van der Waals surface area contributed by atoms with E-state index in [0.29, 0.717) is 0 Å². The summed E-state index contributed by atoms with van der Waals surface area (Å²) in [4.78, 5) is 0. The maximum absolute atomic E-state index is 5.34. The van der Waals surface area contributed by atoms with Gasteiger partial charge in [-0.15, -0.1) is 0 Å². The molecule has 0 aliphatic carbocycles. The van der Waals surface area contributed by atoms with Crippen molar-refractivity contribution in [2.45, 2.75) is 0 Å². The molecular weight excluding hydrogens is 355 g/mol. The maximum atomic E-state index is 5.34. The van der Waals surface area contributed by atoms with Gasteiger partial charge in [0, 0.05) is 3.57 Å². The molecule has 0 saturated carbocycles. The van der Waals surface area contributed by atoms with E-state index in [-0.39, 0.29) is 0 Å². The molecule has 0 aromatic heterocycles. The van der Waals surface area contributed by atoms with E-state index in [1.54, 1.807) is 21.3 Å². The Morgan fingerprint density at radius 3 is 2.16 bits per heavy atom. The molecular formula is C15H15IO3. The minimum absolute atomic E-state index is 0.721. The molecule has 4 heteroatoms. The van der Waals surface area contributed by atoms with Gasteiger partial charge in [-0.3, -0.25) is 0 Å². The summed E-state index contributed by atoms with van der Waals surface area (Å²) in [5.41, 5.74) is 2.18. The predicted molar refractivity (Wildman–Crippen MR) is 84.3 cm³/mol. The zero-order valence-electron chi connectivity index (χ0n) is 11.1. The monoisotopic (exact) mass is 370 g/mol. The van der Waals surface area contributed by atoms with E-state index in [9.17, 15) is 0 Å². The summed E-state index contributed by atoms with van der Waals surface area (Å²) < 4.78 is 17.0. The first kappa shape index (κ1) is 14.0. The number of hydrogen-bond acceptors (Lipinski definition) is 3. The van der Waals surface area contributed by atoms with Crippen LogP contribution in [-0.2, 0) is 0 Å². The Kier molecular flexibility index (Phi) is 4.52. The van der Waals surface area contributed by atoms with E-state index in [4.69, 9.17) is 14.2 Å². The third-order valence-corrected chi connectivity index (χ3v) is 3.81. The molecule has 2 aromatic rings. The fraction of sp³-hybridized carbons (Fsp3) is 0.200. The highest BCUT2D eigenvalue weighted by molar-refractivity contribution is 14.1. The lowest BCUT2D eigenvalue weighted by Gasteiger charge is -2.11. The summed E-state index contributed by atoms with van der Waals surface area (Å²) in [7, 11) is 4.94. The van der Waals surface area contributed by atoms with Gasteiger partial charge in [0.15, 0.2) is 11.5 Å². The molecule has 2 aromatic carbocycles. The molecule has 3 nitrogen and oxygen atoms in total. The van der Waals surface area contributed by atoms with Gasteiger partial charge in [-0.1, -0.05) is 6.07 Å². The highest BCUT2D eigenvalue weighted by Gasteiger charge is 2.09. The molecule has 0 amide bonds. The summed E-state index contributed by atoms with van der Waals surface area (Å²) >= 11 is 2.31. The minimum atomic E-state index is 0.721. The third kappa shape index (κ3) is 2.94. The van der Waals surface area contributed by atoms with Crippen LogP contribution in [0.3, 0.4) is 0 Å². The number of methoxy groups -OCH3 is 3. The zero-order valence-corrected chi connectivity index (χ0v) is 13.2. The fourth-order valence-electron chi connectivity index (χ4n) is 1.86. The fourth-order valence-corrected chi connectivity index (χ4v) is 2.50. The first-order chi connectivity index (χ1) is 9.19. The second-order valence-electron chi connectivity index (χ2n) is 3.92.